The van der Waals surface area contributed by atoms with Crippen molar-refractivity contribution in [3.05, 3.63) is 52.9 Å². The van der Waals surface area contributed by atoms with Crippen LogP contribution in [0.4, 0.5) is 15.5 Å². The van der Waals surface area contributed by atoms with Gasteiger partial charge in [-0.2, -0.15) is 0 Å². The van der Waals surface area contributed by atoms with Gasteiger partial charge in [-0.3, -0.25) is 5.32 Å². The van der Waals surface area contributed by atoms with Gasteiger partial charge in [-0.05, 0) is 36.5 Å². The van der Waals surface area contributed by atoms with Gasteiger partial charge in [0.2, 0.25) is 0 Å². The Bertz CT molecular complexity index is 1250. The molecule has 9 heteroatoms. The molecule has 2 amide bonds. The van der Waals surface area contributed by atoms with Crippen molar-refractivity contribution >= 4 is 56.0 Å². The lowest BCUT2D eigenvalue weighted by atomic mass is 9.94. The van der Waals surface area contributed by atoms with E-state index in [-0.39, 0.29) is 5.41 Å². The van der Waals surface area contributed by atoms with E-state index >= 15 is 0 Å². The van der Waals surface area contributed by atoms with Gasteiger partial charge in [0.15, 0.2) is 0 Å². The Kier molecular flexibility index (Phi) is 8.12. The molecule has 0 spiro atoms. The summed E-state index contributed by atoms with van der Waals surface area (Å²) in [7, 11) is 1.32. The molecule has 36 heavy (non-hydrogen) atoms. The fourth-order valence-electron chi connectivity index (χ4n) is 4.17. The molecule has 2 heterocycles. The monoisotopic (exact) mass is 528 g/mol. The minimum Gasteiger partial charge on any atom is -0.616 e. The number of benzene rings is 2. The van der Waals surface area contributed by atoms with E-state index in [0.717, 1.165) is 45.7 Å². The van der Waals surface area contributed by atoms with Crippen molar-refractivity contribution in [3.8, 4) is 5.75 Å². The van der Waals surface area contributed by atoms with Gasteiger partial charge in [0.1, 0.15) is 22.3 Å². The van der Waals surface area contributed by atoms with E-state index in [9.17, 15) is 14.1 Å². The number of fused-ring (bicyclic) bond motifs is 1. The van der Waals surface area contributed by atoms with E-state index in [0.29, 0.717) is 28.8 Å². The highest BCUT2D eigenvalue weighted by Crippen LogP contribution is 2.37. The molecule has 0 saturated carbocycles. The molecule has 1 saturated heterocycles. The van der Waals surface area contributed by atoms with Gasteiger partial charge in [-0.15, -0.1) is 11.3 Å². The highest BCUT2D eigenvalue weighted by Gasteiger charge is 2.26. The van der Waals surface area contributed by atoms with E-state index < -0.39 is 23.2 Å². The summed E-state index contributed by atoms with van der Waals surface area (Å²) < 4.78 is 22.6. The largest absolute Gasteiger partial charge is 0.616 e. The average molecular weight is 529 g/mol. The van der Waals surface area contributed by atoms with E-state index in [1.165, 1.54) is 18.4 Å². The highest BCUT2D eigenvalue weighted by atomic mass is 32.2. The van der Waals surface area contributed by atoms with Crippen LogP contribution >= 0.6 is 11.3 Å². The summed E-state index contributed by atoms with van der Waals surface area (Å²) in [6.07, 6.45) is 1.87. The van der Waals surface area contributed by atoms with Crippen molar-refractivity contribution < 1.29 is 23.6 Å². The van der Waals surface area contributed by atoms with E-state index in [1.807, 2.05) is 57.2 Å². The van der Waals surface area contributed by atoms with Crippen LogP contribution in [0.2, 0.25) is 0 Å². The Balaban J connectivity index is 1.49. The van der Waals surface area contributed by atoms with Crippen molar-refractivity contribution in [2.24, 2.45) is 5.92 Å². The molecule has 0 bridgehead atoms. The molecule has 1 fully saturated rings. The first-order chi connectivity index (χ1) is 17.2. The average Bonchev–Trinajstić information content (AvgIpc) is 3.46. The van der Waals surface area contributed by atoms with Crippen molar-refractivity contribution in [2.45, 2.75) is 39.0 Å². The topological polar surface area (TPSA) is 99.7 Å². The Labute approximate surface area is 218 Å². The van der Waals surface area contributed by atoms with Crippen molar-refractivity contribution in [1.82, 2.24) is 0 Å². The van der Waals surface area contributed by atoms with Crippen LogP contribution in [0.15, 0.2) is 42.5 Å². The number of thiophene rings is 1. The number of urea groups is 1. The van der Waals surface area contributed by atoms with E-state index in [1.54, 1.807) is 6.07 Å². The van der Waals surface area contributed by atoms with Crippen LogP contribution in [0.25, 0.3) is 10.8 Å². The summed E-state index contributed by atoms with van der Waals surface area (Å²) in [5.41, 5.74) is 0.793. The van der Waals surface area contributed by atoms with Gasteiger partial charge in [-0.25, -0.2) is 9.59 Å². The summed E-state index contributed by atoms with van der Waals surface area (Å²) in [5.74, 6) is 2.26. The van der Waals surface area contributed by atoms with Gasteiger partial charge in [0, 0.05) is 21.6 Å². The third-order valence-electron chi connectivity index (χ3n) is 6.19. The summed E-state index contributed by atoms with van der Waals surface area (Å²) in [6.45, 7) is 6.71. The molecular formula is C27H32N2O5S2. The van der Waals surface area contributed by atoms with E-state index in [4.69, 9.17) is 9.47 Å². The second-order valence-electron chi connectivity index (χ2n) is 9.93. The molecule has 2 N–H and O–H groups in total. The van der Waals surface area contributed by atoms with Crippen molar-refractivity contribution in [1.29, 1.82) is 0 Å². The summed E-state index contributed by atoms with van der Waals surface area (Å²) in [6, 6.07) is 12.7. The molecule has 1 aliphatic rings. The summed E-state index contributed by atoms with van der Waals surface area (Å²) >= 11 is 0.681. The molecule has 1 aromatic heterocycles. The molecular weight excluding hydrogens is 496 g/mol. The molecule has 3 aromatic rings. The standard InChI is InChI=1S/C27H32N2O5S2/c1-27(2,3)23-15-20(25(30)33-4)24(35-23)29-26(31)28-21-9-10-22(19-8-6-5-7-18(19)21)34-13-11-17-12-14-36(32)16-17/h5-10,15,17H,11-14,16H2,1-4H3,(H2,28,29,31). The van der Waals surface area contributed by atoms with Crippen LogP contribution in [-0.2, 0) is 21.3 Å². The van der Waals surface area contributed by atoms with Gasteiger partial charge >= 0.3 is 12.0 Å². The zero-order chi connectivity index (χ0) is 25.9. The third kappa shape index (κ3) is 6.14. The molecule has 2 unspecified atom stereocenters. The van der Waals surface area contributed by atoms with Gasteiger partial charge < -0.3 is 19.3 Å². The molecule has 1 aliphatic heterocycles. The SMILES string of the molecule is COC(=O)c1cc(C(C)(C)C)sc1NC(=O)Nc1ccc(OCCC2CC[S+]([O-])C2)c2ccccc12. The van der Waals surface area contributed by atoms with Crippen molar-refractivity contribution in [2.75, 3.05) is 35.9 Å². The second kappa shape index (κ2) is 11.1. The minimum absolute atomic E-state index is 0.176. The van der Waals surface area contributed by atoms with Crippen LogP contribution in [-0.4, -0.2) is 41.8 Å². The number of carbonyl (C=O) groups is 2. The first-order valence-corrected chi connectivity index (χ1v) is 14.3. The first kappa shape index (κ1) is 26.3. The number of ether oxygens (including phenoxy) is 2. The number of methoxy groups -OCH3 is 1. The molecule has 4 rings (SSSR count). The number of anilines is 2. The first-order valence-electron chi connectivity index (χ1n) is 12.0. The van der Waals surface area contributed by atoms with Gasteiger partial charge in [-0.1, -0.05) is 56.2 Å². The molecule has 0 radical (unpaired) electrons. The Morgan fingerprint density at radius 2 is 1.89 bits per heavy atom. The quantitative estimate of drug-likeness (QED) is 0.282. The van der Waals surface area contributed by atoms with Gasteiger partial charge in [0.05, 0.1) is 25.0 Å². The number of nitrogens with one attached hydrogen (secondary N) is 2. The Hall–Kier alpha value is -2.75. The number of rotatable bonds is 7. The van der Waals surface area contributed by atoms with Crippen LogP contribution < -0.4 is 15.4 Å². The zero-order valence-corrected chi connectivity index (χ0v) is 22.6. The second-order valence-corrected chi connectivity index (χ2v) is 12.6. The number of esters is 1. The molecule has 192 valence electrons. The number of hydrogen-bond donors (Lipinski definition) is 2. The van der Waals surface area contributed by atoms with Crippen LogP contribution in [0.5, 0.6) is 5.75 Å². The van der Waals surface area contributed by atoms with Crippen LogP contribution in [0.3, 0.4) is 0 Å². The van der Waals surface area contributed by atoms with E-state index in [2.05, 4.69) is 10.6 Å². The number of carbonyl (C=O) groups excluding carboxylic acids is 2. The number of amides is 2. The molecule has 7 nitrogen and oxygen atoms in total. The zero-order valence-electron chi connectivity index (χ0n) is 21.0. The fraction of sp³-hybridized carbons (Fsp3) is 0.407. The Morgan fingerprint density at radius 1 is 1.14 bits per heavy atom. The minimum atomic E-state index is -0.682. The lowest BCUT2D eigenvalue weighted by molar-refractivity contribution is 0.0602. The van der Waals surface area contributed by atoms with Crippen molar-refractivity contribution in [3.63, 3.8) is 0 Å². The maximum atomic E-state index is 13.0. The summed E-state index contributed by atoms with van der Waals surface area (Å²) in [5, 5.41) is 7.93. The normalized spacial score (nSPS) is 17.7. The predicted octanol–water partition coefficient (Wildman–Crippen LogP) is 6.17. The molecule has 2 aromatic carbocycles. The smallest absolute Gasteiger partial charge is 0.340 e. The lowest BCUT2D eigenvalue weighted by Gasteiger charge is -2.15. The molecule has 2 atom stereocenters. The fourth-order valence-corrected chi connectivity index (χ4v) is 6.89. The highest BCUT2D eigenvalue weighted by molar-refractivity contribution is 7.91. The number of hydrogen-bond acceptors (Lipinski definition) is 6. The lowest BCUT2D eigenvalue weighted by Crippen LogP contribution is -2.20. The third-order valence-corrected chi connectivity index (χ3v) is 9.21. The van der Waals surface area contributed by atoms with Crippen LogP contribution in [0, 0.1) is 5.92 Å². The Morgan fingerprint density at radius 3 is 2.56 bits per heavy atom. The van der Waals surface area contributed by atoms with Crippen LogP contribution in [0.1, 0.15) is 48.8 Å². The van der Waals surface area contributed by atoms with Gasteiger partial charge in [0.25, 0.3) is 0 Å². The predicted molar refractivity (Wildman–Crippen MR) is 147 cm³/mol. The maximum Gasteiger partial charge on any atom is 0.340 e. The maximum absolute atomic E-state index is 13.0. The molecule has 0 aliphatic carbocycles. The summed E-state index contributed by atoms with van der Waals surface area (Å²) in [4.78, 5) is 26.2.